The van der Waals surface area contributed by atoms with E-state index in [1.54, 1.807) is 4.57 Å². The molecule has 0 saturated carbocycles. The van der Waals surface area contributed by atoms with Crippen molar-refractivity contribution >= 4 is 15.9 Å². The number of piperazine rings is 1. The van der Waals surface area contributed by atoms with E-state index in [4.69, 9.17) is 0 Å². The highest BCUT2D eigenvalue weighted by Crippen LogP contribution is 2.19. The number of hydrogen-bond donors (Lipinski definition) is 0. The Bertz CT molecular complexity index is 994. The zero-order valence-electron chi connectivity index (χ0n) is 18.4. The average molecular weight is 449 g/mol. The van der Waals surface area contributed by atoms with E-state index in [-0.39, 0.29) is 17.5 Å². The van der Waals surface area contributed by atoms with E-state index in [2.05, 4.69) is 40.4 Å². The lowest BCUT2D eigenvalue weighted by Crippen LogP contribution is -2.50. The number of carbonyl (C=O) groups excluding carboxylic acids is 1. The first-order valence-electron chi connectivity index (χ1n) is 11.0. The lowest BCUT2D eigenvalue weighted by Gasteiger charge is -2.35. The summed E-state index contributed by atoms with van der Waals surface area (Å²) in [5.41, 5.74) is 2.55. The van der Waals surface area contributed by atoms with Crippen LogP contribution in [0.5, 0.6) is 0 Å². The fraction of sp³-hybridized carbons (Fsp3) is 0.619. The van der Waals surface area contributed by atoms with Crippen molar-refractivity contribution in [1.82, 2.24) is 28.2 Å². The van der Waals surface area contributed by atoms with E-state index in [0.29, 0.717) is 26.2 Å². The molecular weight excluding hydrogens is 416 g/mol. The van der Waals surface area contributed by atoms with Gasteiger partial charge in [0.1, 0.15) is 6.54 Å². The number of imidazole rings is 1. The maximum Gasteiger partial charge on any atom is 0.262 e. The molecule has 0 N–H and O–H groups in total. The Labute approximate surface area is 184 Å². The van der Waals surface area contributed by atoms with Gasteiger partial charge in [-0.2, -0.15) is 4.31 Å². The Balaban J connectivity index is 1.26. The zero-order valence-corrected chi connectivity index (χ0v) is 19.2. The maximum atomic E-state index is 12.7. The molecule has 2 saturated heterocycles. The van der Waals surface area contributed by atoms with Crippen molar-refractivity contribution in [3.8, 4) is 0 Å². The highest BCUT2D eigenvalue weighted by molar-refractivity contribution is 7.89. The summed E-state index contributed by atoms with van der Waals surface area (Å²) in [7, 11) is -3.55. The molecule has 0 spiro atoms. The van der Waals surface area contributed by atoms with Gasteiger partial charge in [0.25, 0.3) is 10.0 Å². The predicted molar refractivity (Wildman–Crippen MR) is 117 cm³/mol. The first kappa shape index (κ1) is 22.0. The van der Waals surface area contributed by atoms with Crippen molar-refractivity contribution in [2.45, 2.75) is 44.8 Å². The van der Waals surface area contributed by atoms with Gasteiger partial charge < -0.3 is 14.0 Å². The SMILES string of the molecule is Cc1ccc(C)n1CCN1CCN(C(=O)Cn2cnc(S(=O)(=O)N3CCCC3)c2)CC1. The van der Waals surface area contributed by atoms with E-state index in [1.807, 2.05) is 4.90 Å². The van der Waals surface area contributed by atoms with Crippen molar-refractivity contribution in [3.05, 3.63) is 36.0 Å². The third-order valence-corrected chi connectivity index (χ3v) is 8.16. The van der Waals surface area contributed by atoms with E-state index in [0.717, 1.165) is 39.0 Å². The Kier molecular flexibility index (Phi) is 6.49. The summed E-state index contributed by atoms with van der Waals surface area (Å²) in [6, 6.07) is 4.29. The molecule has 2 aliphatic rings. The number of aryl methyl sites for hydroxylation is 2. The summed E-state index contributed by atoms with van der Waals surface area (Å²) >= 11 is 0. The number of carbonyl (C=O) groups is 1. The standard InChI is InChI=1S/C21H32N6O3S/c1-18-5-6-19(2)27(18)14-11-23-9-12-25(13-10-23)21(28)16-24-15-20(22-17-24)31(29,30)26-7-3-4-8-26/h5-6,15,17H,3-4,7-14,16H2,1-2H3. The van der Waals surface area contributed by atoms with Crippen LogP contribution in [0.3, 0.4) is 0 Å². The molecule has 31 heavy (non-hydrogen) atoms. The van der Waals surface area contributed by atoms with Gasteiger partial charge in [0.05, 0.1) is 6.33 Å². The molecule has 0 atom stereocenters. The van der Waals surface area contributed by atoms with E-state index < -0.39 is 10.0 Å². The highest BCUT2D eigenvalue weighted by Gasteiger charge is 2.29. The minimum Gasteiger partial charge on any atom is -0.348 e. The van der Waals surface area contributed by atoms with Crippen molar-refractivity contribution in [1.29, 1.82) is 0 Å². The lowest BCUT2D eigenvalue weighted by molar-refractivity contribution is -0.133. The van der Waals surface area contributed by atoms with Crippen molar-refractivity contribution in [2.24, 2.45) is 0 Å². The zero-order chi connectivity index (χ0) is 22.0. The number of rotatable bonds is 7. The molecule has 1 amide bonds. The van der Waals surface area contributed by atoms with E-state index in [1.165, 1.54) is 28.2 Å². The van der Waals surface area contributed by atoms with Gasteiger partial charge in [-0.05, 0) is 38.8 Å². The average Bonchev–Trinajstić information content (AvgIpc) is 3.50. The normalized spacial score (nSPS) is 18.7. The Hall–Kier alpha value is -2.17. The van der Waals surface area contributed by atoms with Gasteiger partial charge in [0, 0.05) is 69.9 Å². The van der Waals surface area contributed by atoms with Gasteiger partial charge >= 0.3 is 0 Å². The molecule has 4 rings (SSSR count). The number of hydrogen-bond acceptors (Lipinski definition) is 5. The van der Waals surface area contributed by atoms with Gasteiger partial charge in [0.15, 0.2) is 5.03 Å². The molecule has 0 aromatic carbocycles. The second kappa shape index (κ2) is 9.13. The maximum absolute atomic E-state index is 12.7. The molecule has 9 nitrogen and oxygen atoms in total. The Morgan fingerprint density at radius 3 is 2.26 bits per heavy atom. The Morgan fingerprint density at radius 1 is 0.968 bits per heavy atom. The minimum atomic E-state index is -3.55. The van der Waals surface area contributed by atoms with Crippen LogP contribution in [0.4, 0.5) is 0 Å². The highest BCUT2D eigenvalue weighted by atomic mass is 32.2. The second-order valence-electron chi connectivity index (χ2n) is 8.49. The molecule has 4 heterocycles. The van der Waals surface area contributed by atoms with E-state index >= 15 is 0 Å². The molecule has 2 aliphatic heterocycles. The topological polar surface area (TPSA) is 83.7 Å². The van der Waals surface area contributed by atoms with Crippen LogP contribution in [0.25, 0.3) is 0 Å². The fourth-order valence-electron chi connectivity index (χ4n) is 4.39. The van der Waals surface area contributed by atoms with Gasteiger partial charge in [-0.1, -0.05) is 0 Å². The number of amides is 1. The fourth-order valence-corrected chi connectivity index (χ4v) is 5.84. The molecular formula is C21H32N6O3S. The van der Waals surface area contributed by atoms with Crippen LogP contribution in [0.1, 0.15) is 24.2 Å². The summed E-state index contributed by atoms with van der Waals surface area (Å²) in [5.74, 6) is -0.000677. The molecule has 2 fully saturated rings. The monoisotopic (exact) mass is 448 g/mol. The summed E-state index contributed by atoms with van der Waals surface area (Å²) < 4.78 is 30.6. The molecule has 0 bridgehead atoms. The van der Waals surface area contributed by atoms with Gasteiger partial charge in [-0.15, -0.1) is 0 Å². The van der Waals surface area contributed by atoms with E-state index in [9.17, 15) is 13.2 Å². The molecule has 10 heteroatoms. The predicted octanol–water partition coefficient (Wildman–Crippen LogP) is 0.930. The molecule has 2 aromatic rings. The van der Waals surface area contributed by atoms with Crippen LogP contribution in [-0.4, -0.2) is 88.4 Å². The van der Waals surface area contributed by atoms with Gasteiger partial charge in [-0.3, -0.25) is 9.69 Å². The van der Waals surface area contributed by atoms with Crippen LogP contribution in [0.2, 0.25) is 0 Å². The van der Waals surface area contributed by atoms with Crippen LogP contribution >= 0.6 is 0 Å². The molecule has 0 unspecified atom stereocenters. The van der Waals surface area contributed by atoms with Crippen molar-refractivity contribution < 1.29 is 13.2 Å². The van der Waals surface area contributed by atoms with Gasteiger partial charge in [0.2, 0.25) is 5.91 Å². The van der Waals surface area contributed by atoms with Crippen LogP contribution in [-0.2, 0) is 27.9 Å². The largest absolute Gasteiger partial charge is 0.348 e. The van der Waals surface area contributed by atoms with Crippen molar-refractivity contribution in [3.63, 3.8) is 0 Å². The minimum absolute atomic E-state index is 0.000677. The third-order valence-electron chi connectivity index (χ3n) is 6.38. The quantitative estimate of drug-likeness (QED) is 0.629. The third kappa shape index (κ3) is 4.86. The number of nitrogens with zero attached hydrogens (tertiary/aromatic N) is 6. The molecule has 0 radical (unpaired) electrons. The number of sulfonamides is 1. The smallest absolute Gasteiger partial charge is 0.262 e. The molecule has 2 aromatic heterocycles. The Morgan fingerprint density at radius 2 is 1.61 bits per heavy atom. The first-order valence-corrected chi connectivity index (χ1v) is 12.4. The summed E-state index contributed by atoms with van der Waals surface area (Å²) in [5, 5.41) is 0.0302. The summed E-state index contributed by atoms with van der Waals surface area (Å²) in [6.07, 6.45) is 4.69. The van der Waals surface area contributed by atoms with Crippen LogP contribution in [0, 0.1) is 13.8 Å². The second-order valence-corrected chi connectivity index (χ2v) is 10.4. The molecule has 0 aliphatic carbocycles. The summed E-state index contributed by atoms with van der Waals surface area (Å²) in [4.78, 5) is 21.0. The first-order chi connectivity index (χ1) is 14.8. The summed E-state index contributed by atoms with van der Waals surface area (Å²) in [6.45, 7) is 10.5. The van der Waals surface area contributed by atoms with Crippen LogP contribution < -0.4 is 0 Å². The van der Waals surface area contributed by atoms with Crippen molar-refractivity contribution in [2.75, 3.05) is 45.8 Å². The van der Waals surface area contributed by atoms with Crippen LogP contribution in [0.15, 0.2) is 29.7 Å². The van der Waals surface area contributed by atoms with Gasteiger partial charge in [-0.25, -0.2) is 13.4 Å². The number of aromatic nitrogens is 3. The molecule has 170 valence electrons. The lowest BCUT2D eigenvalue weighted by atomic mass is 10.3.